The van der Waals surface area contributed by atoms with Gasteiger partial charge in [0.15, 0.2) is 0 Å². The van der Waals surface area contributed by atoms with Crippen LogP contribution in [0.15, 0.2) is 22.6 Å². The predicted molar refractivity (Wildman–Crippen MR) is 30.8 cm³/mol. The molecule has 0 radical (unpaired) electrons. The van der Waals surface area contributed by atoms with E-state index in [0.717, 1.165) is 4.91 Å². The molecule has 1 heteroatoms. The third-order valence-electron chi connectivity index (χ3n) is 0.895. The van der Waals surface area contributed by atoms with Crippen LogP contribution in [0.5, 0.6) is 0 Å². The van der Waals surface area contributed by atoms with Crippen molar-refractivity contribution in [3.8, 4) is 0 Å². The fourth-order valence-corrected chi connectivity index (χ4v) is 0.474. The second-order valence-corrected chi connectivity index (χ2v) is 1.88. The van der Waals surface area contributed by atoms with E-state index in [1.54, 1.807) is 0 Å². The lowest BCUT2D eigenvalue weighted by molar-refractivity contribution is 1.44. The highest BCUT2D eigenvalue weighted by Gasteiger charge is 1.97. The summed E-state index contributed by atoms with van der Waals surface area (Å²) in [5, 5.41) is 0. The van der Waals surface area contributed by atoms with Gasteiger partial charge < -0.3 is 0 Å². The Hall–Kier alpha value is -0.170. The highest BCUT2D eigenvalue weighted by atomic mass is 32.1. The molecule has 0 nitrogen and oxygen atoms in total. The van der Waals surface area contributed by atoms with Gasteiger partial charge in [-0.1, -0.05) is 6.08 Å². The average Bonchev–Trinajstić information content (AvgIpc) is 1.61. The zero-order valence-electron chi connectivity index (χ0n) is 3.60. The number of hydrogen-bond acceptors (Lipinski definition) is 1. The molecule has 0 unspecified atom stereocenters. The lowest BCUT2D eigenvalue weighted by atomic mass is 10.1. The molecule has 0 aromatic carbocycles. The molecular weight excluding hydrogens is 92.1 g/mol. The molecule has 0 N–H and O–H groups in total. The smallest absolute Gasteiger partial charge is 0.00693 e. The van der Waals surface area contributed by atoms with Crippen LogP contribution >= 0.6 is 12.6 Å². The van der Waals surface area contributed by atoms with E-state index in [9.17, 15) is 0 Å². The Balaban J connectivity index is 2.63. The summed E-state index contributed by atoms with van der Waals surface area (Å²) in [5.41, 5.74) is 1.29. The van der Waals surface area contributed by atoms with Crippen molar-refractivity contribution >= 4 is 12.6 Å². The van der Waals surface area contributed by atoms with E-state index < -0.39 is 0 Å². The molecule has 1 rings (SSSR count). The maximum absolute atomic E-state index is 4.07. The van der Waals surface area contributed by atoms with Crippen LogP contribution in [0.3, 0.4) is 0 Å². The molecule has 0 heterocycles. The Labute approximate surface area is 43.0 Å². The van der Waals surface area contributed by atoms with Gasteiger partial charge >= 0.3 is 0 Å². The van der Waals surface area contributed by atoms with Crippen LogP contribution in [-0.4, -0.2) is 0 Å². The van der Waals surface area contributed by atoms with E-state index in [1.807, 2.05) is 19.1 Å². The van der Waals surface area contributed by atoms with Gasteiger partial charge in [0.1, 0.15) is 0 Å². The van der Waals surface area contributed by atoms with E-state index in [-0.39, 0.29) is 0 Å². The van der Waals surface area contributed by atoms with Gasteiger partial charge in [0.2, 0.25) is 0 Å². The Morgan fingerprint density at radius 1 is 1.50 bits per heavy atom. The molecule has 6 heavy (non-hydrogen) atoms. The Morgan fingerprint density at radius 3 is 2.00 bits per heavy atom. The summed E-state index contributed by atoms with van der Waals surface area (Å²) in [6.45, 7) is 2.04. The highest BCUT2D eigenvalue weighted by Crippen LogP contribution is 2.20. The molecule has 32 valence electrons. The van der Waals surface area contributed by atoms with Crippen LogP contribution in [0.25, 0.3) is 0 Å². The van der Waals surface area contributed by atoms with Crippen molar-refractivity contribution in [2.75, 3.05) is 0 Å². The minimum Gasteiger partial charge on any atom is -0.143 e. The van der Waals surface area contributed by atoms with E-state index in [2.05, 4.69) is 12.6 Å². The van der Waals surface area contributed by atoms with E-state index in [1.165, 1.54) is 5.57 Å². The van der Waals surface area contributed by atoms with Crippen LogP contribution in [-0.2, 0) is 0 Å². The third kappa shape index (κ3) is 0.393. The minimum absolute atomic E-state index is 1.12. The summed E-state index contributed by atoms with van der Waals surface area (Å²) >= 11 is 4.07. The zero-order valence-corrected chi connectivity index (χ0v) is 4.50. The number of thiol groups is 1. The monoisotopic (exact) mass is 98.0 g/mol. The lowest BCUT2D eigenvalue weighted by Gasteiger charge is -2.04. The Morgan fingerprint density at radius 2 is 2.00 bits per heavy atom. The van der Waals surface area contributed by atoms with Crippen molar-refractivity contribution in [1.82, 2.24) is 0 Å². The Bertz CT molecular complexity index is 104. The van der Waals surface area contributed by atoms with Gasteiger partial charge in [-0.2, -0.15) is 0 Å². The van der Waals surface area contributed by atoms with Crippen LogP contribution in [0.1, 0.15) is 6.92 Å². The molecule has 0 bridgehead atoms. The summed E-state index contributed by atoms with van der Waals surface area (Å²) in [4.78, 5) is 1.12. The van der Waals surface area contributed by atoms with E-state index in [4.69, 9.17) is 0 Å². The van der Waals surface area contributed by atoms with Gasteiger partial charge in [0.25, 0.3) is 0 Å². The van der Waals surface area contributed by atoms with E-state index in [0.29, 0.717) is 0 Å². The van der Waals surface area contributed by atoms with Crippen LogP contribution < -0.4 is 0 Å². The molecule has 0 aromatic heterocycles. The quantitative estimate of drug-likeness (QED) is 0.438. The molecule has 0 aliphatic heterocycles. The topological polar surface area (TPSA) is 0 Å². The molecule has 0 atom stereocenters. The number of rotatable bonds is 0. The lowest BCUT2D eigenvalue weighted by Crippen LogP contribution is -1.82. The first-order valence-corrected chi connectivity index (χ1v) is 2.33. The third-order valence-corrected chi connectivity index (χ3v) is 1.40. The van der Waals surface area contributed by atoms with Crippen molar-refractivity contribution in [1.29, 1.82) is 0 Å². The first-order chi connectivity index (χ1) is 2.80. The van der Waals surface area contributed by atoms with Gasteiger partial charge in [-0.05, 0) is 18.6 Å². The van der Waals surface area contributed by atoms with Crippen molar-refractivity contribution in [3.05, 3.63) is 22.6 Å². The molecule has 1 aliphatic carbocycles. The fourth-order valence-electron chi connectivity index (χ4n) is 0.325. The molecule has 0 fully saturated rings. The van der Waals surface area contributed by atoms with Gasteiger partial charge in [0, 0.05) is 4.91 Å². The largest absolute Gasteiger partial charge is 0.143 e. The maximum Gasteiger partial charge on any atom is 0.00693 e. The summed E-state index contributed by atoms with van der Waals surface area (Å²) in [7, 11) is 0. The normalized spacial score (nSPS) is 18.3. The standard InChI is InChI=1S/C5H6S/c1-4-2-3-5(4)6/h2-3,6H,1H3. The summed E-state index contributed by atoms with van der Waals surface area (Å²) in [6, 6.07) is 0. The van der Waals surface area contributed by atoms with Crippen molar-refractivity contribution in [2.45, 2.75) is 6.92 Å². The Kier molecular flexibility index (Phi) is 0.771. The fraction of sp³-hybridized carbons (Fsp3) is 0.200. The summed E-state index contributed by atoms with van der Waals surface area (Å²) in [5.74, 6) is 0. The van der Waals surface area contributed by atoms with Crippen LogP contribution in [0.2, 0.25) is 0 Å². The maximum atomic E-state index is 4.07. The molecule has 0 amide bonds. The molecule has 1 aliphatic rings. The SMILES string of the molecule is CC1=CC=C1S. The van der Waals surface area contributed by atoms with Crippen molar-refractivity contribution in [2.24, 2.45) is 0 Å². The predicted octanol–water partition coefficient (Wildman–Crippen LogP) is 1.76. The first-order valence-electron chi connectivity index (χ1n) is 1.88. The molecule has 0 saturated heterocycles. The first kappa shape index (κ1) is 4.00. The number of allylic oxidation sites excluding steroid dienone is 3. The van der Waals surface area contributed by atoms with Gasteiger partial charge in [-0.15, -0.1) is 12.6 Å². The van der Waals surface area contributed by atoms with Gasteiger partial charge in [-0.3, -0.25) is 0 Å². The zero-order chi connectivity index (χ0) is 4.57. The summed E-state index contributed by atoms with van der Waals surface area (Å²) < 4.78 is 0. The number of hydrogen-bond donors (Lipinski definition) is 1. The summed E-state index contributed by atoms with van der Waals surface area (Å²) in [6.07, 6.45) is 4.03. The van der Waals surface area contributed by atoms with E-state index >= 15 is 0 Å². The average molecular weight is 98.2 g/mol. The second-order valence-electron chi connectivity index (χ2n) is 1.40. The molecular formula is C5H6S. The minimum atomic E-state index is 1.12. The molecule has 0 saturated carbocycles. The van der Waals surface area contributed by atoms with Gasteiger partial charge in [0.05, 0.1) is 0 Å². The van der Waals surface area contributed by atoms with Crippen LogP contribution in [0.4, 0.5) is 0 Å². The highest BCUT2D eigenvalue weighted by molar-refractivity contribution is 7.84. The second kappa shape index (κ2) is 1.16. The molecule has 0 aromatic rings. The van der Waals surface area contributed by atoms with Gasteiger partial charge in [-0.25, -0.2) is 0 Å². The molecule has 0 spiro atoms. The van der Waals surface area contributed by atoms with Crippen LogP contribution in [0, 0.1) is 0 Å². The van der Waals surface area contributed by atoms with Crippen molar-refractivity contribution in [3.63, 3.8) is 0 Å². The van der Waals surface area contributed by atoms with Crippen molar-refractivity contribution < 1.29 is 0 Å².